The Bertz CT molecular complexity index is 1400. The Hall–Kier alpha value is -1.98. The molecule has 4 aromatic rings. The minimum Gasteiger partial charge on any atom is -0.398 e. The first-order valence-corrected chi connectivity index (χ1v) is 11.5. The summed E-state index contributed by atoms with van der Waals surface area (Å²) in [5, 5.41) is 3.69. The van der Waals surface area contributed by atoms with E-state index in [2.05, 4.69) is 105 Å². The van der Waals surface area contributed by atoms with E-state index in [0.717, 1.165) is 23.4 Å². The van der Waals surface area contributed by atoms with Gasteiger partial charge in [0.15, 0.2) is 0 Å². The van der Waals surface area contributed by atoms with E-state index in [9.17, 15) is 0 Å². The van der Waals surface area contributed by atoms with E-state index < -0.39 is 0 Å². The summed E-state index contributed by atoms with van der Waals surface area (Å²) in [7, 11) is 4.24. The zero-order valence-electron chi connectivity index (χ0n) is 19.7. The van der Waals surface area contributed by atoms with Crippen molar-refractivity contribution in [2.24, 2.45) is 7.05 Å². The fraction of sp³-hybridized carbons (Fsp3) is 0.222. The molecule has 0 N–H and O–H groups in total. The van der Waals surface area contributed by atoms with Crippen molar-refractivity contribution in [3.8, 4) is 0 Å². The van der Waals surface area contributed by atoms with Gasteiger partial charge in [0.1, 0.15) is 7.05 Å². The zero-order valence-corrected chi connectivity index (χ0v) is 22.5. The van der Waals surface area contributed by atoms with Crippen LogP contribution < -0.4 is 39.0 Å². The SMILES string of the molecule is CCC(=Cc1oc2ccc3ccccc3c2[n+]1C)C=C1Sc2cc(C)c(C)cc2N1C.[Na+]. The Kier molecular flexibility index (Phi) is 6.60. The van der Waals surface area contributed by atoms with Crippen molar-refractivity contribution >= 4 is 45.4 Å². The molecule has 3 aromatic carbocycles. The maximum absolute atomic E-state index is 6.26. The molecule has 1 aliphatic heterocycles. The molecular formula is C27H27N2NaOS+2. The number of nitrogens with zero attached hydrogens (tertiary/aromatic N) is 2. The average molecular weight is 451 g/mol. The van der Waals surface area contributed by atoms with Crippen molar-refractivity contribution in [2.75, 3.05) is 11.9 Å². The van der Waals surface area contributed by atoms with Gasteiger partial charge >= 0.3 is 35.4 Å². The fourth-order valence-corrected chi connectivity index (χ4v) is 5.40. The van der Waals surface area contributed by atoms with Crippen molar-refractivity contribution in [3.63, 3.8) is 0 Å². The Morgan fingerprint density at radius 1 is 1.09 bits per heavy atom. The minimum absolute atomic E-state index is 0. The van der Waals surface area contributed by atoms with Gasteiger partial charge in [0.2, 0.25) is 5.58 Å². The second-order valence-electron chi connectivity index (χ2n) is 8.25. The molecule has 2 heterocycles. The predicted octanol–water partition coefficient (Wildman–Crippen LogP) is 3.91. The molecule has 0 radical (unpaired) electrons. The number of fused-ring (bicyclic) bond motifs is 4. The summed E-state index contributed by atoms with van der Waals surface area (Å²) >= 11 is 1.84. The summed E-state index contributed by atoms with van der Waals surface area (Å²) in [4.78, 5) is 3.62. The van der Waals surface area contributed by atoms with Crippen molar-refractivity contribution in [2.45, 2.75) is 32.1 Å². The van der Waals surface area contributed by atoms with Crippen LogP contribution in [0.5, 0.6) is 0 Å². The first-order valence-electron chi connectivity index (χ1n) is 10.7. The molecule has 32 heavy (non-hydrogen) atoms. The fourth-order valence-electron chi connectivity index (χ4n) is 4.19. The molecule has 0 saturated carbocycles. The van der Waals surface area contributed by atoms with Crippen LogP contribution in [0.25, 0.3) is 27.9 Å². The molecule has 0 amide bonds. The third-order valence-electron chi connectivity index (χ3n) is 6.25. The van der Waals surface area contributed by atoms with E-state index in [0.29, 0.717) is 0 Å². The first kappa shape index (κ1) is 23.2. The predicted molar refractivity (Wildman–Crippen MR) is 131 cm³/mol. The van der Waals surface area contributed by atoms with Gasteiger partial charge in [0.25, 0.3) is 5.52 Å². The number of allylic oxidation sites excluding steroid dienone is 2. The summed E-state index contributed by atoms with van der Waals surface area (Å²) in [6, 6.07) is 17.3. The number of aryl methyl sites for hydroxylation is 3. The van der Waals surface area contributed by atoms with Crippen molar-refractivity contribution in [1.82, 2.24) is 0 Å². The molecule has 5 rings (SSSR count). The number of aromatic nitrogens is 1. The number of rotatable bonds is 3. The molecule has 0 fully saturated rings. The molecule has 0 spiro atoms. The molecule has 3 nitrogen and oxygen atoms in total. The van der Waals surface area contributed by atoms with E-state index in [1.54, 1.807) is 0 Å². The third-order valence-corrected chi connectivity index (χ3v) is 7.40. The van der Waals surface area contributed by atoms with E-state index in [-0.39, 0.29) is 29.6 Å². The molecule has 1 aromatic heterocycles. The zero-order chi connectivity index (χ0) is 21.7. The summed E-state index contributed by atoms with van der Waals surface area (Å²) < 4.78 is 8.43. The first-order chi connectivity index (χ1) is 15.0. The molecule has 0 unspecified atom stereocenters. The molecule has 0 aliphatic carbocycles. The molecular weight excluding hydrogens is 423 g/mol. The van der Waals surface area contributed by atoms with E-state index in [4.69, 9.17) is 4.42 Å². The van der Waals surface area contributed by atoms with Crippen LogP contribution in [0, 0.1) is 13.8 Å². The summed E-state index contributed by atoms with van der Waals surface area (Å²) in [6.45, 7) is 6.56. The summed E-state index contributed by atoms with van der Waals surface area (Å²) in [5.74, 6) is 0.870. The largest absolute Gasteiger partial charge is 1.00 e. The Balaban J connectivity index is 0.00000245. The van der Waals surface area contributed by atoms with Gasteiger partial charge in [-0.3, -0.25) is 0 Å². The van der Waals surface area contributed by atoms with Gasteiger partial charge in [-0.05, 0) is 72.7 Å². The third kappa shape index (κ3) is 3.94. The van der Waals surface area contributed by atoms with Crippen LogP contribution in [-0.2, 0) is 7.05 Å². The number of benzene rings is 3. The van der Waals surface area contributed by atoms with Crippen LogP contribution in [0.15, 0.2) is 74.5 Å². The number of hydrogen-bond donors (Lipinski definition) is 0. The Morgan fingerprint density at radius 2 is 1.84 bits per heavy atom. The minimum atomic E-state index is 0. The molecule has 0 atom stereocenters. The Labute approximate surface area is 216 Å². The van der Waals surface area contributed by atoms with E-state index >= 15 is 0 Å². The van der Waals surface area contributed by atoms with E-state index in [1.807, 2.05) is 11.8 Å². The smallest absolute Gasteiger partial charge is 0.398 e. The number of hydrogen-bond acceptors (Lipinski definition) is 3. The maximum atomic E-state index is 6.26. The van der Waals surface area contributed by atoms with Gasteiger partial charge in [-0.2, -0.15) is 4.57 Å². The number of oxazole rings is 1. The normalized spacial score (nSPS) is 15.0. The van der Waals surface area contributed by atoms with Gasteiger partial charge in [0.05, 0.1) is 22.2 Å². The van der Waals surface area contributed by atoms with Crippen LogP contribution in [0.2, 0.25) is 0 Å². The van der Waals surface area contributed by atoms with Crippen LogP contribution in [0.1, 0.15) is 30.4 Å². The topological polar surface area (TPSA) is 20.3 Å². The van der Waals surface area contributed by atoms with Crippen LogP contribution >= 0.6 is 11.8 Å². The maximum Gasteiger partial charge on any atom is 1.00 e. The average Bonchev–Trinajstić information content (AvgIpc) is 3.24. The van der Waals surface area contributed by atoms with Crippen LogP contribution in [-0.4, -0.2) is 7.05 Å². The van der Waals surface area contributed by atoms with E-state index in [1.165, 1.54) is 43.1 Å². The van der Waals surface area contributed by atoms with Gasteiger partial charge in [-0.1, -0.05) is 43.0 Å². The van der Waals surface area contributed by atoms with Crippen LogP contribution in [0.4, 0.5) is 5.69 Å². The molecule has 1 aliphatic rings. The van der Waals surface area contributed by atoms with Crippen molar-refractivity contribution in [3.05, 3.63) is 82.2 Å². The van der Waals surface area contributed by atoms with Crippen molar-refractivity contribution in [1.29, 1.82) is 0 Å². The molecule has 0 bridgehead atoms. The number of anilines is 1. The second kappa shape index (κ2) is 9.11. The van der Waals surface area contributed by atoms with Crippen LogP contribution in [0.3, 0.4) is 0 Å². The standard InChI is InChI=1S/C27H27N2OS.Na/c1-6-19(16-26-28(4)22-13-17(2)18(3)14-24(22)31-26)15-25-29(5)27-21-10-8-7-9-20(21)11-12-23(27)30-25;/h7-16H,6H2,1-5H3;/q2*+1. The summed E-state index contributed by atoms with van der Waals surface area (Å²) in [6.07, 6.45) is 5.40. The van der Waals surface area contributed by atoms with Gasteiger partial charge in [-0.25, -0.2) is 0 Å². The second-order valence-corrected chi connectivity index (χ2v) is 9.32. The number of thioether (sulfide) groups is 1. The molecule has 0 saturated heterocycles. The van der Waals surface area contributed by atoms with Gasteiger partial charge in [0, 0.05) is 11.9 Å². The quantitative estimate of drug-likeness (QED) is 0.349. The monoisotopic (exact) mass is 450 g/mol. The molecule has 156 valence electrons. The van der Waals surface area contributed by atoms with Gasteiger partial charge in [-0.15, -0.1) is 0 Å². The Morgan fingerprint density at radius 3 is 2.62 bits per heavy atom. The summed E-state index contributed by atoms with van der Waals surface area (Å²) in [5.41, 5.74) is 7.26. The van der Waals surface area contributed by atoms with Gasteiger partial charge < -0.3 is 9.32 Å². The molecule has 5 heteroatoms. The van der Waals surface area contributed by atoms with Crippen molar-refractivity contribution < 1.29 is 38.5 Å².